The summed E-state index contributed by atoms with van der Waals surface area (Å²) >= 11 is -0.167. The lowest BCUT2D eigenvalue weighted by atomic mass is 10.2. The Balaban J connectivity index is 2.23. The van der Waals surface area contributed by atoms with Crippen molar-refractivity contribution in [2.45, 2.75) is 6.92 Å². The molecule has 90 valence electrons. The van der Waals surface area contributed by atoms with E-state index in [1.54, 1.807) is 12.3 Å². The quantitative estimate of drug-likeness (QED) is 0.581. The number of ketones is 1. The lowest BCUT2D eigenvalue weighted by Gasteiger charge is -2.20. The van der Waals surface area contributed by atoms with Crippen molar-refractivity contribution in [3.05, 3.63) is 46.0 Å². The molecule has 0 atom stereocenters. The molecule has 2 rings (SSSR count). The van der Waals surface area contributed by atoms with E-state index in [-0.39, 0.29) is 26.5 Å². The van der Waals surface area contributed by atoms with Gasteiger partial charge in [-0.2, -0.15) is 0 Å². The Hall–Kier alpha value is -1.17. The Labute approximate surface area is 112 Å². The molecule has 0 aliphatic carbocycles. The molecule has 3 nitrogen and oxygen atoms in total. The molecule has 4 heteroatoms. The number of fused-ring (bicyclic) bond motifs is 1. The number of carbonyl (C=O) groups is 1. The van der Waals surface area contributed by atoms with Gasteiger partial charge in [-0.1, -0.05) is 26.8 Å². The van der Waals surface area contributed by atoms with Crippen LogP contribution in [0.25, 0.3) is 0 Å². The van der Waals surface area contributed by atoms with Crippen molar-refractivity contribution in [2.75, 3.05) is 14.1 Å². The highest BCUT2D eigenvalue weighted by Crippen LogP contribution is 2.34. The SMILES string of the molecule is CC1=C(C(=O)/C=C/N(C)C)N2C=CC=CC2=I1. The molecule has 0 spiro atoms. The maximum Gasteiger partial charge on any atom is 0.204 e. The van der Waals surface area contributed by atoms with Crippen molar-refractivity contribution in [3.63, 3.8) is 0 Å². The monoisotopic (exact) mass is 342 g/mol. The zero-order chi connectivity index (χ0) is 12.4. The fourth-order valence-electron chi connectivity index (χ4n) is 1.62. The molecule has 0 saturated heterocycles. The molecule has 0 unspecified atom stereocenters. The van der Waals surface area contributed by atoms with Gasteiger partial charge in [-0.3, -0.25) is 4.79 Å². The fraction of sp³-hybridized carbons (Fsp3) is 0.231. The smallest absolute Gasteiger partial charge is 0.204 e. The van der Waals surface area contributed by atoms with Crippen molar-refractivity contribution >= 4 is 30.1 Å². The first kappa shape index (κ1) is 12.3. The van der Waals surface area contributed by atoms with Crippen LogP contribution in [0, 0.1) is 0 Å². The molecular weight excluding hydrogens is 327 g/mol. The molecule has 0 aromatic heterocycles. The third-order valence-electron chi connectivity index (χ3n) is 2.37. The van der Waals surface area contributed by atoms with Gasteiger partial charge >= 0.3 is 0 Å². The molecule has 0 amide bonds. The van der Waals surface area contributed by atoms with Crippen LogP contribution in [-0.4, -0.2) is 33.3 Å². The average molecular weight is 342 g/mol. The van der Waals surface area contributed by atoms with Crippen LogP contribution in [0.1, 0.15) is 6.92 Å². The van der Waals surface area contributed by atoms with Crippen LogP contribution in [0.2, 0.25) is 0 Å². The van der Waals surface area contributed by atoms with Crippen LogP contribution in [-0.2, 0) is 4.79 Å². The second-order valence-corrected chi connectivity index (χ2v) is 7.28. The van der Waals surface area contributed by atoms with E-state index < -0.39 is 0 Å². The van der Waals surface area contributed by atoms with Crippen molar-refractivity contribution in [2.24, 2.45) is 0 Å². The molecule has 2 heterocycles. The fourth-order valence-corrected chi connectivity index (χ4v) is 4.28. The van der Waals surface area contributed by atoms with Gasteiger partial charge < -0.3 is 9.80 Å². The standard InChI is InChI=1S/C13H15IN2O/c1-10-13(11(17)7-9-15(2)3)16-8-5-4-6-12(16)14-10/h4-9H,1-3H3/b9-7+. The Morgan fingerprint density at radius 1 is 1.41 bits per heavy atom. The third kappa shape index (κ3) is 2.57. The van der Waals surface area contributed by atoms with Gasteiger partial charge in [-0.15, -0.1) is 0 Å². The van der Waals surface area contributed by atoms with E-state index >= 15 is 0 Å². The molecule has 0 saturated carbocycles. The van der Waals surface area contributed by atoms with Gasteiger partial charge in [-0.05, 0) is 19.1 Å². The van der Waals surface area contributed by atoms with Gasteiger partial charge in [0.15, 0.2) is 0 Å². The van der Waals surface area contributed by atoms with Gasteiger partial charge in [0.1, 0.15) is 5.70 Å². The van der Waals surface area contributed by atoms with Crippen molar-refractivity contribution in [3.8, 4) is 0 Å². The van der Waals surface area contributed by atoms with Gasteiger partial charge in [0.2, 0.25) is 5.78 Å². The molecule has 2 aliphatic rings. The zero-order valence-electron chi connectivity index (χ0n) is 10.1. The highest BCUT2D eigenvalue weighted by Gasteiger charge is 2.25. The lowest BCUT2D eigenvalue weighted by Crippen LogP contribution is -2.25. The van der Waals surface area contributed by atoms with Gasteiger partial charge in [0.05, 0.1) is 3.63 Å². The minimum atomic E-state index is -0.167. The number of hydrogen-bond donors (Lipinski definition) is 0. The Bertz CT molecular complexity index is 496. The van der Waals surface area contributed by atoms with Crippen molar-refractivity contribution in [1.82, 2.24) is 9.80 Å². The van der Waals surface area contributed by atoms with E-state index in [2.05, 4.69) is 13.0 Å². The average Bonchev–Trinajstić information content (AvgIpc) is 2.61. The molecule has 0 N–H and O–H groups in total. The van der Waals surface area contributed by atoms with E-state index in [9.17, 15) is 4.79 Å². The minimum Gasteiger partial charge on any atom is -0.383 e. The second kappa shape index (κ2) is 5.00. The number of rotatable bonds is 3. The van der Waals surface area contributed by atoms with E-state index in [1.807, 2.05) is 42.2 Å². The first-order chi connectivity index (χ1) is 8.09. The molecule has 0 fully saturated rings. The van der Waals surface area contributed by atoms with E-state index in [1.165, 1.54) is 7.21 Å². The number of hydrogen-bond acceptors (Lipinski definition) is 3. The Morgan fingerprint density at radius 2 is 2.18 bits per heavy atom. The van der Waals surface area contributed by atoms with E-state index in [0.717, 1.165) is 5.70 Å². The van der Waals surface area contributed by atoms with Crippen LogP contribution in [0.3, 0.4) is 0 Å². The zero-order valence-corrected chi connectivity index (χ0v) is 12.3. The number of halogens is 1. The maximum absolute atomic E-state index is 12.1. The van der Waals surface area contributed by atoms with Crippen LogP contribution < -0.4 is 0 Å². The Morgan fingerprint density at radius 3 is 2.88 bits per heavy atom. The summed E-state index contributed by atoms with van der Waals surface area (Å²) in [5.41, 5.74) is 0.839. The summed E-state index contributed by atoms with van der Waals surface area (Å²) in [5.74, 6) is 0.0888. The summed E-state index contributed by atoms with van der Waals surface area (Å²) in [5, 5.41) is 0. The summed E-state index contributed by atoms with van der Waals surface area (Å²) in [4.78, 5) is 16.1. The van der Waals surface area contributed by atoms with Crippen molar-refractivity contribution < 1.29 is 4.79 Å². The van der Waals surface area contributed by atoms with Crippen LogP contribution in [0.5, 0.6) is 0 Å². The highest BCUT2D eigenvalue weighted by atomic mass is 127. The largest absolute Gasteiger partial charge is 0.383 e. The van der Waals surface area contributed by atoms with Crippen molar-refractivity contribution in [1.29, 1.82) is 0 Å². The summed E-state index contributed by atoms with van der Waals surface area (Å²) in [6.45, 7) is 2.07. The molecule has 17 heavy (non-hydrogen) atoms. The predicted molar refractivity (Wildman–Crippen MR) is 79.7 cm³/mol. The van der Waals surface area contributed by atoms with Gasteiger partial charge in [0, 0.05) is 36.2 Å². The van der Waals surface area contributed by atoms with E-state index in [4.69, 9.17) is 0 Å². The number of nitrogens with zero attached hydrogens (tertiary/aromatic N) is 2. The third-order valence-corrected chi connectivity index (χ3v) is 5.13. The molecule has 0 radical (unpaired) electrons. The summed E-state index contributed by atoms with van der Waals surface area (Å²) in [6.07, 6.45) is 11.5. The topological polar surface area (TPSA) is 23.6 Å². The summed E-state index contributed by atoms with van der Waals surface area (Å²) in [6, 6.07) is 0. The van der Waals surface area contributed by atoms with Crippen LogP contribution in [0.4, 0.5) is 0 Å². The first-order valence-electron chi connectivity index (χ1n) is 5.35. The maximum atomic E-state index is 12.1. The normalized spacial score (nSPS) is 18.3. The molecule has 0 aromatic carbocycles. The highest BCUT2D eigenvalue weighted by molar-refractivity contribution is 14.2. The Kier molecular flexibility index (Phi) is 3.61. The predicted octanol–water partition coefficient (Wildman–Crippen LogP) is 2.36. The van der Waals surface area contributed by atoms with Gasteiger partial charge in [0.25, 0.3) is 0 Å². The van der Waals surface area contributed by atoms with E-state index in [0.29, 0.717) is 0 Å². The van der Waals surface area contributed by atoms with Crippen LogP contribution in [0.15, 0.2) is 46.0 Å². The second-order valence-electron chi connectivity index (χ2n) is 4.01. The summed E-state index contributed by atoms with van der Waals surface area (Å²) in [7, 11) is 3.82. The molecule has 2 aliphatic heterocycles. The molecule has 0 aromatic rings. The lowest BCUT2D eigenvalue weighted by molar-refractivity contribution is -0.112. The minimum absolute atomic E-state index is 0.0888. The first-order valence-corrected chi connectivity index (χ1v) is 7.51. The molecule has 0 bridgehead atoms. The summed E-state index contributed by atoms with van der Waals surface area (Å²) < 4.78 is 2.52. The van der Waals surface area contributed by atoms with Crippen LogP contribution >= 0.6 is 20.7 Å². The van der Waals surface area contributed by atoms with Gasteiger partial charge in [-0.25, -0.2) is 0 Å². The molecular formula is C13H15IN2O. The number of carbonyl (C=O) groups excluding carboxylic acids is 1. The number of allylic oxidation sites excluding steroid dienone is 4.